The molecule has 0 spiro atoms. The standard InChI is InChI=1S/C17H18N4O4/c1-11-9-15(19-25-11)16(23)20-7-4-8-21(20)17(24)18-14-6-3-5-13(10-14)12(2)22/h3,5-6,9-10H,4,7-8H2,1-2H3,(H,18,24). The van der Waals surface area contributed by atoms with Crippen molar-refractivity contribution >= 4 is 23.4 Å². The van der Waals surface area contributed by atoms with Gasteiger partial charge in [0.2, 0.25) is 0 Å². The van der Waals surface area contributed by atoms with Crippen molar-refractivity contribution in [1.82, 2.24) is 15.2 Å². The van der Waals surface area contributed by atoms with Crippen LogP contribution in [0, 0.1) is 6.92 Å². The third-order valence-corrected chi connectivity index (χ3v) is 3.87. The average molecular weight is 342 g/mol. The van der Waals surface area contributed by atoms with E-state index in [9.17, 15) is 14.4 Å². The summed E-state index contributed by atoms with van der Waals surface area (Å²) in [6.07, 6.45) is 0.670. The topological polar surface area (TPSA) is 95.8 Å². The molecule has 0 aliphatic carbocycles. The van der Waals surface area contributed by atoms with E-state index >= 15 is 0 Å². The third kappa shape index (κ3) is 3.52. The molecule has 1 aliphatic heterocycles. The molecule has 0 saturated carbocycles. The highest BCUT2D eigenvalue weighted by Crippen LogP contribution is 2.18. The normalized spacial score (nSPS) is 13.8. The monoisotopic (exact) mass is 342 g/mol. The van der Waals surface area contributed by atoms with Crippen molar-refractivity contribution in [3.63, 3.8) is 0 Å². The minimum absolute atomic E-state index is 0.0875. The molecule has 130 valence electrons. The van der Waals surface area contributed by atoms with Gasteiger partial charge in [0.05, 0.1) is 0 Å². The minimum atomic E-state index is -0.438. The number of carbonyl (C=O) groups is 3. The summed E-state index contributed by atoms with van der Waals surface area (Å²) in [6, 6.07) is 7.75. The first kappa shape index (κ1) is 16.7. The molecule has 1 aromatic carbocycles. The molecule has 1 fully saturated rings. The van der Waals surface area contributed by atoms with Gasteiger partial charge in [-0.2, -0.15) is 0 Å². The first-order valence-corrected chi connectivity index (χ1v) is 7.90. The third-order valence-electron chi connectivity index (χ3n) is 3.87. The molecule has 1 aromatic heterocycles. The van der Waals surface area contributed by atoms with Gasteiger partial charge in [-0.05, 0) is 32.4 Å². The van der Waals surface area contributed by atoms with Crippen molar-refractivity contribution in [2.45, 2.75) is 20.3 Å². The van der Waals surface area contributed by atoms with Crippen LogP contribution in [-0.2, 0) is 0 Å². The molecule has 8 heteroatoms. The summed E-state index contributed by atoms with van der Waals surface area (Å²) in [4.78, 5) is 36.5. The Morgan fingerprint density at radius 2 is 1.92 bits per heavy atom. The fourth-order valence-corrected chi connectivity index (χ4v) is 2.64. The fraction of sp³-hybridized carbons (Fsp3) is 0.294. The lowest BCUT2D eigenvalue weighted by atomic mass is 10.1. The Balaban J connectivity index is 1.73. The van der Waals surface area contributed by atoms with Gasteiger partial charge < -0.3 is 9.84 Å². The van der Waals surface area contributed by atoms with Crippen LogP contribution in [0.4, 0.5) is 10.5 Å². The second kappa shape index (κ2) is 6.76. The van der Waals surface area contributed by atoms with E-state index in [4.69, 9.17) is 4.52 Å². The lowest BCUT2D eigenvalue weighted by Gasteiger charge is -2.27. The molecule has 1 N–H and O–H groups in total. The van der Waals surface area contributed by atoms with Crippen LogP contribution in [0.25, 0.3) is 0 Å². The first-order chi connectivity index (χ1) is 12.0. The fourth-order valence-electron chi connectivity index (χ4n) is 2.64. The lowest BCUT2D eigenvalue weighted by molar-refractivity contribution is 0.0394. The van der Waals surface area contributed by atoms with Gasteiger partial charge in [0.15, 0.2) is 11.5 Å². The predicted molar refractivity (Wildman–Crippen MR) is 89.1 cm³/mol. The predicted octanol–water partition coefficient (Wildman–Crippen LogP) is 2.48. The Morgan fingerprint density at radius 3 is 2.60 bits per heavy atom. The molecule has 1 saturated heterocycles. The molecule has 3 rings (SSSR count). The van der Waals surface area contributed by atoms with Gasteiger partial charge in [0.25, 0.3) is 5.91 Å². The molecule has 0 bridgehead atoms. The maximum absolute atomic E-state index is 12.5. The van der Waals surface area contributed by atoms with Crippen LogP contribution < -0.4 is 5.32 Å². The molecule has 0 radical (unpaired) electrons. The summed E-state index contributed by atoms with van der Waals surface area (Å²) in [5.74, 6) is 0.0528. The Hall–Kier alpha value is -3.16. The van der Waals surface area contributed by atoms with Crippen molar-refractivity contribution in [1.29, 1.82) is 0 Å². The van der Waals surface area contributed by atoms with Crippen LogP contribution >= 0.6 is 0 Å². The Labute approximate surface area is 144 Å². The summed E-state index contributed by atoms with van der Waals surface area (Å²) < 4.78 is 4.92. The number of rotatable bonds is 3. The molecule has 2 heterocycles. The van der Waals surface area contributed by atoms with Gasteiger partial charge >= 0.3 is 6.03 Å². The second-order valence-corrected chi connectivity index (χ2v) is 5.79. The molecule has 2 aromatic rings. The molecule has 0 atom stereocenters. The largest absolute Gasteiger partial charge is 0.361 e. The number of Topliss-reactive ketones (excluding diaryl/α,β-unsaturated/α-hetero) is 1. The zero-order valence-electron chi connectivity index (χ0n) is 14.0. The first-order valence-electron chi connectivity index (χ1n) is 7.90. The van der Waals surface area contributed by atoms with E-state index in [1.54, 1.807) is 31.2 Å². The van der Waals surface area contributed by atoms with Crippen molar-refractivity contribution in [2.24, 2.45) is 0 Å². The molecule has 1 aliphatic rings. The van der Waals surface area contributed by atoms with E-state index in [1.165, 1.54) is 23.0 Å². The van der Waals surface area contributed by atoms with E-state index < -0.39 is 6.03 Å². The highest BCUT2D eigenvalue weighted by atomic mass is 16.5. The maximum atomic E-state index is 12.5. The van der Waals surface area contributed by atoms with Crippen LogP contribution in [0.2, 0.25) is 0 Å². The van der Waals surface area contributed by atoms with Gasteiger partial charge in [0, 0.05) is 30.4 Å². The summed E-state index contributed by atoms with van der Waals surface area (Å²) in [5.41, 5.74) is 1.16. The highest BCUT2D eigenvalue weighted by Gasteiger charge is 2.32. The number of benzene rings is 1. The Kier molecular flexibility index (Phi) is 4.51. The molecule has 0 unspecified atom stereocenters. The van der Waals surface area contributed by atoms with Crippen LogP contribution in [0.15, 0.2) is 34.9 Å². The van der Waals surface area contributed by atoms with Gasteiger partial charge in [-0.1, -0.05) is 17.3 Å². The van der Waals surface area contributed by atoms with Crippen LogP contribution in [0.1, 0.15) is 40.0 Å². The number of amides is 3. The van der Waals surface area contributed by atoms with Crippen molar-refractivity contribution in [3.8, 4) is 0 Å². The van der Waals surface area contributed by atoms with Gasteiger partial charge in [-0.3, -0.25) is 9.59 Å². The smallest absolute Gasteiger partial charge is 0.340 e. The number of aryl methyl sites for hydroxylation is 1. The minimum Gasteiger partial charge on any atom is -0.361 e. The van der Waals surface area contributed by atoms with Crippen LogP contribution in [0.5, 0.6) is 0 Å². The summed E-state index contributed by atoms with van der Waals surface area (Å²) in [5, 5.41) is 9.11. The van der Waals surface area contributed by atoms with Crippen molar-refractivity contribution in [3.05, 3.63) is 47.3 Å². The quantitative estimate of drug-likeness (QED) is 0.865. The number of ketones is 1. The van der Waals surface area contributed by atoms with Crippen LogP contribution in [-0.4, -0.2) is 46.0 Å². The van der Waals surface area contributed by atoms with E-state index in [0.29, 0.717) is 36.5 Å². The number of urea groups is 1. The number of hydrogen-bond donors (Lipinski definition) is 1. The Bertz CT molecular complexity index is 830. The summed E-state index contributed by atoms with van der Waals surface area (Å²) in [6.45, 7) is 3.99. The van der Waals surface area contributed by atoms with E-state index in [1.807, 2.05) is 0 Å². The lowest BCUT2D eigenvalue weighted by Crippen LogP contribution is -2.46. The van der Waals surface area contributed by atoms with Crippen molar-refractivity contribution in [2.75, 3.05) is 18.4 Å². The zero-order chi connectivity index (χ0) is 18.0. The zero-order valence-corrected chi connectivity index (χ0v) is 14.0. The second-order valence-electron chi connectivity index (χ2n) is 5.79. The average Bonchev–Trinajstić information content (AvgIpc) is 3.23. The molecular weight excluding hydrogens is 324 g/mol. The number of hydrazine groups is 1. The van der Waals surface area contributed by atoms with E-state index in [0.717, 1.165) is 0 Å². The molecule has 3 amide bonds. The van der Waals surface area contributed by atoms with Crippen molar-refractivity contribution < 1.29 is 18.9 Å². The summed E-state index contributed by atoms with van der Waals surface area (Å²) in [7, 11) is 0. The van der Waals surface area contributed by atoms with E-state index in [-0.39, 0.29) is 17.4 Å². The number of anilines is 1. The van der Waals surface area contributed by atoms with E-state index in [2.05, 4.69) is 10.5 Å². The number of nitrogens with one attached hydrogen (secondary N) is 1. The number of nitrogens with zero attached hydrogens (tertiary/aromatic N) is 3. The number of aromatic nitrogens is 1. The van der Waals surface area contributed by atoms with Gasteiger partial charge in [0.1, 0.15) is 5.76 Å². The molecule has 8 nitrogen and oxygen atoms in total. The van der Waals surface area contributed by atoms with Gasteiger partial charge in [-0.15, -0.1) is 0 Å². The maximum Gasteiger partial charge on any atom is 0.340 e. The molecular formula is C17H18N4O4. The van der Waals surface area contributed by atoms with Crippen LogP contribution in [0.3, 0.4) is 0 Å². The SMILES string of the molecule is CC(=O)c1cccc(NC(=O)N2CCCN2C(=O)c2cc(C)on2)c1. The molecule has 25 heavy (non-hydrogen) atoms. The summed E-state index contributed by atoms with van der Waals surface area (Å²) >= 11 is 0. The number of hydrogen-bond acceptors (Lipinski definition) is 5. The highest BCUT2D eigenvalue weighted by molar-refractivity contribution is 5.98. The Morgan fingerprint density at radius 1 is 1.16 bits per heavy atom. The number of carbonyl (C=O) groups excluding carboxylic acids is 3. The van der Waals surface area contributed by atoms with Gasteiger partial charge in [-0.25, -0.2) is 14.8 Å².